The first-order valence-corrected chi connectivity index (χ1v) is 7.04. The monoisotopic (exact) mass is 262 g/mol. The Kier molecular flexibility index (Phi) is 5.40. The summed E-state index contributed by atoms with van der Waals surface area (Å²) >= 11 is 0. The van der Waals surface area contributed by atoms with Gasteiger partial charge in [-0.1, -0.05) is 12.1 Å². The summed E-state index contributed by atoms with van der Waals surface area (Å²) in [6.07, 6.45) is 5.57. The first-order valence-electron chi connectivity index (χ1n) is 7.04. The fourth-order valence-electron chi connectivity index (χ4n) is 2.39. The summed E-state index contributed by atoms with van der Waals surface area (Å²) < 4.78 is 10.6. The lowest BCUT2D eigenvalue weighted by Crippen LogP contribution is -2.09. The Balaban J connectivity index is 1.67. The first kappa shape index (κ1) is 14.1. The third-order valence-electron chi connectivity index (χ3n) is 3.62. The molecule has 1 aromatic rings. The minimum atomic E-state index is 0.324. The van der Waals surface area contributed by atoms with Crippen LogP contribution in [0.4, 0.5) is 0 Å². The van der Waals surface area contributed by atoms with Gasteiger partial charge in [0, 0.05) is 19.4 Å². The molecule has 1 heterocycles. The number of carbonyl (C=O) groups excluding carboxylic acids is 1. The lowest BCUT2D eigenvalue weighted by atomic mass is 10.0. The van der Waals surface area contributed by atoms with Crippen molar-refractivity contribution in [3.8, 4) is 5.75 Å². The van der Waals surface area contributed by atoms with Crippen LogP contribution in [0.25, 0.3) is 0 Å². The maximum atomic E-state index is 11.8. The van der Waals surface area contributed by atoms with Gasteiger partial charge in [0.1, 0.15) is 11.5 Å². The van der Waals surface area contributed by atoms with Crippen LogP contribution in [-0.2, 0) is 16.0 Å². The molecule has 1 aromatic carbocycles. The Morgan fingerprint density at radius 3 is 2.74 bits per heavy atom. The summed E-state index contributed by atoms with van der Waals surface area (Å²) in [4.78, 5) is 11.8. The van der Waals surface area contributed by atoms with Crippen molar-refractivity contribution in [3.05, 3.63) is 29.8 Å². The number of rotatable bonds is 7. The minimum Gasteiger partial charge on any atom is -0.497 e. The third-order valence-corrected chi connectivity index (χ3v) is 3.62. The standard InChI is InChI=1S/C16H22O3/c1-18-15-9-5-13(6-10-15)4-7-14(17)8-11-16-3-2-12-19-16/h5-6,9-10,16H,2-4,7-8,11-12H2,1H3. The van der Waals surface area contributed by atoms with Gasteiger partial charge >= 0.3 is 0 Å². The van der Waals surface area contributed by atoms with Gasteiger partial charge in [-0.2, -0.15) is 0 Å². The van der Waals surface area contributed by atoms with E-state index in [4.69, 9.17) is 9.47 Å². The number of ketones is 1. The van der Waals surface area contributed by atoms with Crippen LogP contribution >= 0.6 is 0 Å². The van der Waals surface area contributed by atoms with Crippen LogP contribution < -0.4 is 4.74 Å². The molecule has 0 aliphatic carbocycles. The summed E-state index contributed by atoms with van der Waals surface area (Å²) in [7, 11) is 1.66. The van der Waals surface area contributed by atoms with Gasteiger partial charge in [0.05, 0.1) is 13.2 Å². The number of hydrogen-bond acceptors (Lipinski definition) is 3. The first-order chi connectivity index (χ1) is 9.28. The molecule has 0 spiro atoms. The van der Waals surface area contributed by atoms with Crippen molar-refractivity contribution in [2.75, 3.05) is 13.7 Å². The van der Waals surface area contributed by atoms with Crippen molar-refractivity contribution in [2.24, 2.45) is 0 Å². The van der Waals surface area contributed by atoms with Crippen LogP contribution in [0.15, 0.2) is 24.3 Å². The zero-order valence-corrected chi connectivity index (χ0v) is 11.6. The molecule has 1 fully saturated rings. The molecule has 1 atom stereocenters. The van der Waals surface area contributed by atoms with Crippen LogP contribution in [0, 0.1) is 0 Å². The van der Waals surface area contributed by atoms with E-state index in [9.17, 15) is 4.79 Å². The van der Waals surface area contributed by atoms with E-state index >= 15 is 0 Å². The van der Waals surface area contributed by atoms with Gasteiger partial charge in [0.2, 0.25) is 0 Å². The van der Waals surface area contributed by atoms with Gasteiger partial charge < -0.3 is 9.47 Å². The van der Waals surface area contributed by atoms with Crippen molar-refractivity contribution >= 4 is 5.78 Å². The molecule has 0 radical (unpaired) electrons. The highest BCUT2D eigenvalue weighted by Gasteiger charge is 2.16. The molecule has 3 heteroatoms. The molecular weight excluding hydrogens is 240 g/mol. The summed E-state index contributed by atoms with van der Waals surface area (Å²) in [5, 5.41) is 0. The van der Waals surface area contributed by atoms with Crippen molar-refractivity contribution in [1.29, 1.82) is 0 Å². The topological polar surface area (TPSA) is 35.5 Å². The van der Waals surface area contributed by atoms with Crippen LogP contribution in [0.1, 0.15) is 37.7 Å². The maximum absolute atomic E-state index is 11.8. The van der Waals surface area contributed by atoms with Gasteiger partial charge in [-0.05, 0) is 43.4 Å². The van der Waals surface area contributed by atoms with Gasteiger partial charge in [0.15, 0.2) is 0 Å². The molecule has 3 nitrogen and oxygen atoms in total. The Bertz CT molecular complexity index is 391. The van der Waals surface area contributed by atoms with E-state index < -0.39 is 0 Å². The molecular formula is C16H22O3. The molecule has 0 aromatic heterocycles. The largest absolute Gasteiger partial charge is 0.497 e. The van der Waals surface area contributed by atoms with Gasteiger partial charge in [-0.15, -0.1) is 0 Å². The van der Waals surface area contributed by atoms with E-state index in [0.29, 0.717) is 24.7 Å². The molecule has 1 unspecified atom stereocenters. The van der Waals surface area contributed by atoms with Crippen LogP contribution in [0.2, 0.25) is 0 Å². The molecule has 1 saturated heterocycles. The minimum absolute atomic E-state index is 0.324. The number of carbonyl (C=O) groups is 1. The highest BCUT2D eigenvalue weighted by atomic mass is 16.5. The number of aryl methyl sites for hydroxylation is 1. The highest BCUT2D eigenvalue weighted by molar-refractivity contribution is 5.78. The van der Waals surface area contributed by atoms with E-state index in [1.807, 2.05) is 24.3 Å². The van der Waals surface area contributed by atoms with Crippen LogP contribution in [0.3, 0.4) is 0 Å². The third kappa shape index (κ3) is 4.67. The number of hydrogen-bond donors (Lipinski definition) is 0. The Morgan fingerprint density at radius 2 is 2.11 bits per heavy atom. The van der Waals surface area contributed by atoms with Crippen molar-refractivity contribution in [1.82, 2.24) is 0 Å². The SMILES string of the molecule is COc1ccc(CCC(=O)CCC2CCCO2)cc1. The predicted octanol–water partition coefficient (Wildman–Crippen LogP) is 3.16. The predicted molar refractivity (Wildman–Crippen MR) is 74.5 cm³/mol. The second-order valence-corrected chi connectivity index (χ2v) is 5.06. The van der Waals surface area contributed by atoms with E-state index in [-0.39, 0.29) is 0 Å². The molecule has 2 rings (SSSR count). The summed E-state index contributed by atoms with van der Waals surface area (Å²) in [6, 6.07) is 7.91. The summed E-state index contributed by atoms with van der Waals surface area (Å²) in [6.45, 7) is 0.866. The van der Waals surface area contributed by atoms with Crippen molar-refractivity contribution in [2.45, 2.75) is 44.6 Å². The molecule has 104 valence electrons. The van der Waals surface area contributed by atoms with Gasteiger partial charge in [-0.25, -0.2) is 0 Å². The zero-order valence-electron chi connectivity index (χ0n) is 11.6. The molecule has 0 N–H and O–H groups in total. The smallest absolute Gasteiger partial charge is 0.133 e. The fraction of sp³-hybridized carbons (Fsp3) is 0.562. The number of Topliss-reactive ketones (excluding diaryl/α,β-unsaturated/α-hetero) is 1. The molecule has 19 heavy (non-hydrogen) atoms. The molecule has 1 aliphatic rings. The quantitative estimate of drug-likeness (QED) is 0.757. The van der Waals surface area contributed by atoms with Gasteiger partial charge in [0.25, 0.3) is 0 Å². The summed E-state index contributed by atoms with van der Waals surface area (Å²) in [5.74, 6) is 1.19. The molecule has 1 aliphatic heterocycles. The lowest BCUT2D eigenvalue weighted by Gasteiger charge is -2.08. The number of ether oxygens (including phenoxy) is 2. The second-order valence-electron chi connectivity index (χ2n) is 5.06. The Labute approximate surface area is 114 Å². The highest BCUT2D eigenvalue weighted by Crippen LogP contribution is 2.18. The average molecular weight is 262 g/mol. The van der Waals surface area contributed by atoms with E-state index in [2.05, 4.69) is 0 Å². The van der Waals surface area contributed by atoms with Gasteiger partial charge in [-0.3, -0.25) is 4.79 Å². The average Bonchev–Trinajstić information content (AvgIpc) is 2.96. The number of methoxy groups -OCH3 is 1. The van der Waals surface area contributed by atoms with E-state index in [1.54, 1.807) is 7.11 Å². The zero-order chi connectivity index (χ0) is 13.5. The normalized spacial score (nSPS) is 18.5. The van der Waals surface area contributed by atoms with E-state index in [0.717, 1.165) is 38.0 Å². The maximum Gasteiger partial charge on any atom is 0.133 e. The second kappa shape index (κ2) is 7.29. The van der Waals surface area contributed by atoms with Crippen molar-refractivity contribution < 1.29 is 14.3 Å². The summed E-state index contributed by atoms with van der Waals surface area (Å²) in [5.41, 5.74) is 1.19. The Morgan fingerprint density at radius 1 is 1.32 bits per heavy atom. The molecule has 0 saturated carbocycles. The lowest BCUT2D eigenvalue weighted by molar-refractivity contribution is -0.119. The fourth-order valence-corrected chi connectivity index (χ4v) is 2.39. The van der Waals surface area contributed by atoms with Crippen LogP contribution in [-0.4, -0.2) is 25.6 Å². The molecule has 0 amide bonds. The van der Waals surface area contributed by atoms with Crippen molar-refractivity contribution in [3.63, 3.8) is 0 Å². The van der Waals surface area contributed by atoms with Crippen LogP contribution in [0.5, 0.6) is 5.75 Å². The van der Waals surface area contributed by atoms with E-state index in [1.165, 1.54) is 5.56 Å². The molecule has 0 bridgehead atoms. The Hall–Kier alpha value is -1.35. The number of benzene rings is 1.